The van der Waals surface area contributed by atoms with Crippen molar-refractivity contribution in [2.24, 2.45) is 0 Å². The molecule has 0 saturated heterocycles. The highest BCUT2D eigenvalue weighted by molar-refractivity contribution is 5.78. The second-order valence-electron chi connectivity index (χ2n) is 5.03. The third-order valence-corrected chi connectivity index (χ3v) is 3.89. The molecule has 0 radical (unpaired) electrons. The lowest BCUT2D eigenvalue weighted by Crippen LogP contribution is -2.23. The lowest BCUT2D eigenvalue weighted by molar-refractivity contribution is 0.353. The number of fused-ring (bicyclic) bond motifs is 1. The standard InChI is InChI=1S/C14H14FN3O.C2H4/c15-12-9(8-16)6-7-11-13(12)17-14(19)18(11)10-4-2-1-3-5-10;1-2/h6-7,10H,1-5H2,(H,17,19);1-2H2. The zero-order valence-electron chi connectivity index (χ0n) is 11.9. The van der Waals surface area contributed by atoms with Gasteiger partial charge in [0.05, 0.1) is 11.1 Å². The molecule has 1 aromatic carbocycles. The van der Waals surface area contributed by atoms with Gasteiger partial charge in [-0.3, -0.25) is 4.57 Å². The summed E-state index contributed by atoms with van der Waals surface area (Å²) in [6.45, 7) is 6.00. The highest BCUT2D eigenvalue weighted by atomic mass is 19.1. The smallest absolute Gasteiger partial charge is 0.303 e. The molecule has 110 valence electrons. The molecule has 1 N–H and O–H groups in total. The number of H-pyrrole nitrogens is 1. The number of imidazole rings is 1. The van der Waals surface area contributed by atoms with E-state index in [0.29, 0.717) is 5.52 Å². The highest BCUT2D eigenvalue weighted by Crippen LogP contribution is 2.30. The van der Waals surface area contributed by atoms with Gasteiger partial charge in [-0.2, -0.15) is 5.26 Å². The summed E-state index contributed by atoms with van der Waals surface area (Å²) in [4.78, 5) is 14.6. The first kappa shape index (κ1) is 15.0. The maximum absolute atomic E-state index is 14.0. The third-order valence-electron chi connectivity index (χ3n) is 3.89. The van der Waals surface area contributed by atoms with E-state index in [-0.39, 0.29) is 22.8 Å². The van der Waals surface area contributed by atoms with Crippen LogP contribution in [0.1, 0.15) is 43.7 Å². The van der Waals surface area contributed by atoms with Crippen molar-refractivity contribution in [1.29, 1.82) is 5.26 Å². The van der Waals surface area contributed by atoms with Gasteiger partial charge in [0.2, 0.25) is 0 Å². The molecule has 0 amide bonds. The molecule has 1 heterocycles. The molecule has 1 aliphatic rings. The summed E-state index contributed by atoms with van der Waals surface area (Å²) in [6.07, 6.45) is 5.30. The Balaban J connectivity index is 0.000000774. The lowest BCUT2D eigenvalue weighted by atomic mass is 9.95. The van der Waals surface area contributed by atoms with Crippen molar-refractivity contribution in [3.8, 4) is 6.07 Å². The fourth-order valence-electron chi connectivity index (χ4n) is 2.95. The van der Waals surface area contributed by atoms with Gasteiger partial charge in [0.1, 0.15) is 11.6 Å². The van der Waals surface area contributed by atoms with E-state index >= 15 is 0 Å². The summed E-state index contributed by atoms with van der Waals surface area (Å²) in [5.74, 6) is -0.633. The van der Waals surface area contributed by atoms with Crippen molar-refractivity contribution in [2.75, 3.05) is 0 Å². The van der Waals surface area contributed by atoms with Crippen LogP contribution in [0, 0.1) is 17.1 Å². The van der Waals surface area contributed by atoms with Crippen molar-refractivity contribution in [3.05, 3.63) is 47.2 Å². The van der Waals surface area contributed by atoms with Gasteiger partial charge in [-0.15, -0.1) is 13.2 Å². The second-order valence-corrected chi connectivity index (χ2v) is 5.03. The number of aromatic amines is 1. The predicted octanol–water partition coefficient (Wildman–Crippen LogP) is 3.65. The molecule has 21 heavy (non-hydrogen) atoms. The minimum atomic E-state index is -0.633. The molecule has 0 unspecified atom stereocenters. The van der Waals surface area contributed by atoms with Crippen molar-refractivity contribution in [1.82, 2.24) is 9.55 Å². The SMILES string of the molecule is C=C.N#Cc1ccc2c([nH]c(=O)n2C2CCCCC2)c1F. The summed E-state index contributed by atoms with van der Waals surface area (Å²) in [6, 6.07) is 5.02. The first-order valence-electron chi connectivity index (χ1n) is 7.05. The quantitative estimate of drug-likeness (QED) is 0.814. The highest BCUT2D eigenvalue weighted by Gasteiger charge is 2.21. The fraction of sp³-hybridized carbons (Fsp3) is 0.375. The van der Waals surface area contributed by atoms with Crippen LogP contribution < -0.4 is 5.69 Å². The second kappa shape index (κ2) is 6.40. The Labute approximate surface area is 122 Å². The molecule has 1 saturated carbocycles. The maximum atomic E-state index is 14.0. The lowest BCUT2D eigenvalue weighted by Gasteiger charge is -2.22. The predicted molar refractivity (Wildman–Crippen MR) is 80.6 cm³/mol. The number of rotatable bonds is 1. The van der Waals surface area contributed by atoms with Gasteiger partial charge in [0.25, 0.3) is 0 Å². The van der Waals surface area contributed by atoms with E-state index in [9.17, 15) is 9.18 Å². The van der Waals surface area contributed by atoms with Gasteiger partial charge in [-0.25, -0.2) is 9.18 Å². The van der Waals surface area contributed by atoms with Crippen LogP contribution in [0.5, 0.6) is 0 Å². The van der Waals surface area contributed by atoms with Gasteiger partial charge < -0.3 is 4.98 Å². The van der Waals surface area contributed by atoms with Gasteiger partial charge in [0, 0.05) is 6.04 Å². The van der Waals surface area contributed by atoms with E-state index in [2.05, 4.69) is 18.1 Å². The van der Waals surface area contributed by atoms with E-state index in [1.165, 1.54) is 12.5 Å². The van der Waals surface area contributed by atoms with Crippen LogP contribution in [0.2, 0.25) is 0 Å². The molecule has 0 aliphatic heterocycles. The Hall–Kier alpha value is -2.35. The van der Waals surface area contributed by atoms with Crippen LogP contribution >= 0.6 is 0 Å². The van der Waals surface area contributed by atoms with Crippen LogP contribution in [-0.4, -0.2) is 9.55 Å². The van der Waals surface area contributed by atoms with Crippen LogP contribution in [0.15, 0.2) is 30.1 Å². The Morgan fingerprint density at radius 1 is 1.29 bits per heavy atom. The Kier molecular flexibility index (Phi) is 4.59. The van der Waals surface area contributed by atoms with E-state index < -0.39 is 5.82 Å². The summed E-state index contributed by atoms with van der Waals surface area (Å²) in [5.41, 5.74) is 0.392. The number of nitrogens with zero attached hydrogens (tertiary/aromatic N) is 2. The molecule has 0 bridgehead atoms. The van der Waals surface area contributed by atoms with Crippen molar-refractivity contribution < 1.29 is 4.39 Å². The van der Waals surface area contributed by atoms with E-state index in [0.717, 1.165) is 25.7 Å². The number of nitriles is 1. The zero-order chi connectivity index (χ0) is 15.4. The van der Waals surface area contributed by atoms with Gasteiger partial charge in [-0.1, -0.05) is 19.3 Å². The monoisotopic (exact) mass is 287 g/mol. The topological polar surface area (TPSA) is 61.6 Å². The third kappa shape index (κ3) is 2.62. The minimum absolute atomic E-state index is 0.0375. The number of aromatic nitrogens is 2. The van der Waals surface area contributed by atoms with Crippen molar-refractivity contribution >= 4 is 11.0 Å². The number of hydrogen-bond acceptors (Lipinski definition) is 2. The average Bonchev–Trinajstić information content (AvgIpc) is 2.88. The molecule has 0 atom stereocenters. The molecule has 3 rings (SSSR count). The summed E-state index contributed by atoms with van der Waals surface area (Å²) in [7, 11) is 0. The minimum Gasteiger partial charge on any atom is -0.303 e. The zero-order valence-corrected chi connectivity index (χ0v) is 11.9. The maximum Gasteiger partial charge on any atom is 0.326 e. The first-order chi connectivity index (χ1) is 10.2. The number of halogens is 1. The molecule has 1 fully saturated rings. The molecule has 2 aromatic rings. The van der Waals surface area contributed by atoms with Crippen LogP contribution in [-0.2, 0) is 0 Å². The van der Waals surface area contributed by atoms with Crippen molar-refractivity contribution in [2.45, 2.75) is 38.1 Å². The van der Waals surface area contributed by atoms with Crippen molar-refractivity contribution in [3.63, 3.8) is 0 Å². The van der Waals surface area contributed by atoms with E-state index in [1.807, 2.05) is 0 Å². The molecule has 0 spiro atoms. The van der Waals surface area contributed by atoms with Gasteiger partial charge in [0.15, 0.2) is 5.82 Å². The Morgan fingerprint density at radius 2 is 1.95 bits per heavy atom. The summed E-state index contributed by atoms with van der Waals surface area (Å²) >= 11 is 0. The van der Waals surface area contributed by atoms with Gasteiger partial charge >= 0.3 is 5.69 Å². The van der Waals surface area contributed by atoms with E-state index in [4.69, 9.17) is 5.26 Å². The average molecular weight is 287 g/mol. The Bertz CT molecular complexity index is 732. The first-order valence-corrected chi connectivity index (χ1v) is 7.05. The number of nitrogens with one attached hydrogen (secondary N) is 1. The largest absolute Gasteiger partial charge is 0.326 e. The number of hydrogen-bond donors (Lipinski definition) is 1. The van der Waals surface area contributed by atoms with Gasteiger partial charge in [-0.05, 0) is 25.0 Å². The summed E-state index contributed by atoms with van der Waals surface area (Å²) < 4.78 is 15.7. The normalized spacial score (nSPS) is 15.2. The number of benzene rings is 1. The fourth-order valence-corrected chi connectivity index (χ4v) is 2.95. The Morgan fingerprint density at radius 3 is 2.57 bits per heavy atom. The van der Waals surface area contributed by atoms with E-state index in [1.54, 1.807) is 16.7 Å². The van der Waals surface area contributed by atoms with Crippen LogP contribution in [0.25, 0.3) is 11.0 Å². The molecular weight excluding hydrogens is 269 g/mol. The van der Waals surface area contributed by atoms with Crippen LogP contribution in [0.3, 0.4) is 0 Å². The van der Waals surface area contributed by atoms with Crippen LogP contribution in [0.4, 0.5) is 4.39 Å². The molecular formula is C16H18FN3O. The molecule has 5 heteroatoms. The summed E-state index contributed by atoms with van der Waals surface area (Å²) in [5, 5.41) is 8.81. The molecule has 1 aliphatic carbocycles. The molecule has 1 aromatic heterocycles. The molecule has 4 nitrogen and oxygen atoms in total.